The molecule has 0 spiro atoms. The molecule has 1 aromatic rings. The van der Waals surface area contributed by atoms with E-state index in [0.29, 0.717) is 12.5 Å². The van der Waals surface area contributed by atoms with Crippen LogP contribution < -0.4 is 5.46 Å². The third-order valence-corrected chi connectivity index (χ3v) is 3.86. The predicted molar refractivity (Wildman–Crippen MR) is 81.2 cm³/mol. The minimum Gasteiger partial charge on any atom is -0.423 e. The maximum absolute atomic E-state index is 13.4. The summed E-state index contributed by atoms with van der Waals surface area (Å²) in [4.78, 5) is 2.30. The van der Waals surface area contributed by atoms with Crippen LogP contribution in [0.15, 0.2) is 18.2 Å². The van der Waals surface area contributed by atoms with Crippen molar-refractivity contribution in [2.75, 3.05) is 13.1 Å². The van der Waals surface area contributed by atoms with Crippen LogP contribution in [-0.4, -0.2) is 35.2 Å². The molecule has 0 amide bonds. The van der Waals surface area contributed by atoms with Crippen molar-refractivity contribution in [2.45, 2.75) is 40.2 Å². The van der Waals surface area contributed by atoms with Crippen molar-refractivity contribution >= 4 is 12.6 Å². The molecule has 0 saturated heterocycles. The first-order chi connectivity index (χ1) is 9.51. The predicted octanol–water partition coefficient (Wildman–Crippen LogP) is 1.76. The zero-order valence-corrected chi connectivity index (χ0v) is 12.6. The number of rotatable bonds is 8. The van der Waals surface area contributed by atoms with E-state index in [9.17, 15) is 4.39 Å². The van der Waals surface area contributed by atoms with Gasteiger partial charge in [0.1, 0.15) is 5.82 Å². The Morgan fingerprint density at radius 2 is 1.85 bits per heavy atom. The molecular formula is C15H25BFNO2. The van der Waals surface area contributed by atoms with Crippen molar-refractivity contribution in [3.63, 3.8) is 0 Å². The number of hydrogen-bond donors (Lipinski definition) is 2. The van der Waals surface area contributed by atoms with Gasteiger partial charge in [-0.15, -0.1) is 0 Å². The summed E-state index contributed by atoms with van der Waals surface area (Å²) >= 11 is 0. The molecule has 0 aliphatic heterocycles. The van der Waals surface area contributed by atoms with Gasteiger partial charge in [0, 0.05) is 18.6 Å². The van der Waals surface area contributed by atoms with Crippen LogP contribution in [0.5, 0.6) is 0 Å². The second-order valence-corrected chi connectivity index (χ2v) is 5.24. The van der Waals surface area contributed by atoms with Crippen molar-refractivity contribution in [3.05, 3.63) is 29.6 Å². The number of benzene rings is 1. The van der Waals surface area contributed by atoms with Gasteiger partial charge in [0.25, 0.3) is 0 Å². The fourth-order valence-corrected chi connectivity index (χ4v) is 2.37. The second-order valence-electron chi connectivity index (χ2n) is 5.24. The maximum Gasteiger partial charge on any atom is 0.491 e. The Morgan fingerprint density at radius 1 is 1.20 bits per heavy atom. The highest BCUT2D eigenvalue weighted by Gasteiger charge is 2.18. The van der Waals surface area contributed by atoms with Gasteiger partial charge in [0.05, 0.1) is 0 Å². The van der Waals surface area contributed by atoms with E-state index in [2.05, 4.69) is 25.7 Å². The molecule has 0 saturated carbocycles. The summed E-state index contributed by atoms with van der Waals surface area (Å²) in [5, 5.41) is 18.3. The third-order valence-electron chi connectivity index (χ3n) is 3.86. The average Bonchev–Trinajstić information content (AvgIpc) is 2.44. The third kappa shape index (κ3) is 4.89. The molecular weight excluding hydrogens is 256 g/mol. The Hall–Kier alpha value is -0.905. The van der Waals surface area contributed by atoms with Gasteiger partial charge in [0.2, 0.25) is 0 Å². The lowest BCUT2D eigenvalue weighted by molar-refractivity contribution is 0.226. The Bertz CT molecular complexity index is 411. The van der Waals surface area contributed by atoms with E-state index in [1.165, 1.54) is 12.1 Å². The standard InChI is InChI=1S/C15H25BFNO2/c1-4-12(5-2)10-18(6-3)11-13-7-8-15(17)14(9-13)16(19)20/h7-9,12,19-20H,4-6,10-11H2,1-3H3. The van der Waals surface area contributed by atoms with Crippen LogP contribution in [0.1, 0.15) is 39.2 Å². The topological polar surface area (TPSA) is 43.7 Å². The summed E-state index contributed by atoms with van der Waals surface area (Å²) < 4.78 is 13.4. The Labute approximate surface area is 121 Å². The zero-order chi connectivity index (χ0) is 15.1. The van der Waals surface area contributed by atoms with Gasteiger partial charge in [-0.2, -0.15) is 0 Å². The second kappa shape index (κ2) is 8.40. The van der Waals surface area contributed by atoms with E-state index < -0.39 is 12.9 Å². The first kappa shape index (κ1) is 17.1. The maximum atomic E-state index is 13.4. The van der Waals surface area contributed by atoms with E-state index in [1.54, 1.807) is 6.07 Å². The highest BCUT2D eigenvalue weighted by Crippen LogP contribution is 2.13. The minimum atomic E-state index is -1.76. The van der Waals surface area contributed by atoms with Crippen molar-refractivity contribution < 1.29 is 14.4 Å². The van der Waals surface area contributed by atoms with Gasteiger partial charge < -0.3 is 10.0 Å². The summed E-state index contributed by atoms with van der Waals surface area (Å²) in [7, 11) is -1.76. The van der Waals surface area contributed by atoms with E-state index in [-0.39, 0.29) is 5.46 Å². The summed E-state index contributed by atoms with van der Waals surface area (Å²) in [5.41, 5.74) is 0.850. The van der Waals surface area contributed by atoms with Gasteiger partial charge in [0.15, 0.2) is 0 Å². The highest BCUT2D eigenvalue weighted by molar-refractivity contribution is 6.58. The van der Waals surface area contributed by atoms with Crippen molar-refractivity contribution in [1.82, 2.24) is 4.90 Å². The van der Waals surface area contributed by atoms with E-state index in [0.717, 1.165) is 31.5 Å². The van der Waals surface area contributed by atoms with E-state index >= 15 is 0 Å². The molecule has 20 heavy (non-hydrogen) atoms. The molecule has 0 radical (unpaired) electrons. The molecule has 0 aliphatic carbocycles. The van der Waals surface area contributed by atoms with Gasteiger partial charge in [-0.1, -0.05) is 45.7 Å². The van der Waals surface area contributed by atoms with Gasteiger partial charge in [-0.05, 0) is 24.1 Å². The fourth-order valence-electron chi connectivity index (χ4n) is 2.37. The summed E-state index contributed by atoms with van der Waals surface area (Å²) in [6.45, 7) is 9.13. The Morgan fingerprint density at radius 3 is 2.35 bits per heavy atom. The SMILES string of the molecule is CCC(CC)CN(CC)Cc1ccc(F)c(B(O)O)c1. The van der Waals surface area contributed by atoms with Crippen LogP contribution in [0.25, 0.3) is 0 Å². The Balaban J connectivity index is 2.77. The van der Waals surface area contributed by atoms with Crippen LogP contribution >= 0.6 is 0 Å². The molecule has 1 rings (SSSR count). The number of hydrogen-bond acceptors (Lipinski definition) is 3. The summed E-state index contributed by atoms with van der Waals surface area (Å²) in [5.74, 6) is 0.0880. The lowest BCUT2D eigenvalue weighted by Gasteiger charge is -2.25. The van der Waals surface area contributed by atoms with Crippen molar-refractivity contribution in [3.8, 4) is 0 Å². The molecule has 3 nitrogen and oxygen atoms in total. The van der Waals surface area contributed by atoms with Crippen LogP contribution in [0.3, 0.4) is 0 Å². The summed E-state index contributed by atoms with van der Waals surface area (Å²) in [6.07, 6.45) is 2.30. The average molecular weight is 281 g/mol. The van der Waals surface area contributed by atoms with Crippen molar-refractivity contribution in [1.29, 1.82) is 0 Å². The molecule has 0 unspecified atom stereocenters. The quantitative estimate of drug-likeness (QED) is 0.714. The Kier molecular flexibility index (Phi) is 7.20. The molecule has 2 N–H and O–H groups in total. The number of nitrogens with zero attached hydrogens (tertiary/aromatic N) is 1. The lowest BCUT2D eigenvalue weighted by Crippen LogP contribution is -2.34. The van der Waals surface area contributed by atoms with E-state index in [4.69, 9.17) is 10.0 Å². The largest absolute Gasteiger partial charge is 0.491 e. The van der Waals surface area contributed by atoms with Crippen LogP contribution in [0, 0.1) is 11.7 Å². The molecule has 0 bridgehead atoms. The molecule has 0 aromatic heterocycles. The molecule has 0 atom stereocenters. The molecule has 0 fully saturated rings. The summed E-state index contributed by atoms with van der Waals surface area (Å²) in [6, 6.07) is 4.54. The van der Waals surface area contributed by atoms with Crippen LogP contribution in [0.4, 0.5) is 4.39 Å². The van der Waals surface area contributed by atoms with Crippen molar-refractivity contribution in [2.24, 2.45) is 5.92 Å². The van der Waals surface area contributed by atoms with Gasteiger partial charge in [-0.3, -0.25) is 4.90 Å². The van der Waals surface area contributed by atoms with Gasteiger partial charge in [-0.25, -0.2) is 4.39 Å². The molecule has 0 aliphatic rings. The first-order valence-corrected chi connectivity index (χ1v) is 7.38. The molecule has 0 heterocycles. The van der Waals surface area contributed by atoms with E-state index in [1.807, 2.05) is 0 Å². The van der Waals surface area contributed by atoms with Gasteiger partial charge >= 0.3 is 7.12 Å². The van der Waals surface area contributed by atoms with Crippen LogP contribution in [-0.2, 0) is 6.54 Å². The first-order valence-electron chi connectivity index (χ1n) is 7.38. The van der Waals surface area contributed by atoms with Crippen LogP contribution in [0.2, 0.25) is 0 Å². The smallest absolute Gasteiger partial charge is 0.423 e. The number of halogens is 1. The highest BCUT2D eigenvalue weighted by atomic mass is 19.1. The fraction of sp³-hybridized carbons (Fsp3) is 0.600. The zero-order valence-electron chi connectivity index (χ0n) is 12.6. The normalized spacial score (nSPS) is 11.4. The molecule has 112 valence electrons. The molecule has 1 aromatic carbocycles. The minimum absolute atomic E-state index is 0.0545. The monoisotopic (exact) mass is 281 g/mol. The lowest BCUT2D eigenvalue weighted by atomic mass is 9.79. The molecule has 5 heteroatoms.